The number of non-ortho nitro benzene ring substituents is 1. The van der Waals surface area contributed by atoms with Crippen LogP contribution >= 0.6 is 11.6 Å². The molecule has 3 aromatic carbocycles. The molecular formula is C22H17ClN2O6. The molecule has 1 amide bonds. The lowest BCUT2D eigenvalue weighted by Crippen LogP contribution is -2.26. The van der Waals surface area contributed by atoms with Crippen LogP contribution in [-0.2, 0) is 9.53 Å². The maximum Gasteiger partial charge on any atom is 0.339 e. The van der Waals surface area contributed by atoms with E-state index in [1.807, 2.05) is 0 Å². The van der Waals surface area contributed by atoms with Gasteiger partial charge in [0, 0.05) is 17.7 Å². The number of hydrogen-bond acceptors (Lipinski definition) is 6. The van der Waals surface area contributed by atoms with Gasteiger partial charge in [-0.05, 0) is 30.3 Å². The summed E-state index contributed by atoms with van der Waals surface area (Å²) in [6, 6.07) is 18.3. The first-order valence-electron chi connectivity index (χ1n) is 9.04. The number of esters is 1. The molecule has 8 nitrogen and oxygen atoms in total. The fourth-order valence-corrected chi connectivity index (χ4v) is 2.94. The average Bonchev–Trinajstić information content (AvgIpc) is 2.79. The molecule has 0 saturated carbocycles. The van der Waals surface area contributed by atoms with E-state index in [9.17, 15) is 19.7 Å². The first kappa shape index (κ1) is 21.8. The molecule has 9 heteroatoms. The lowest BCUT2D eigenvalue weighted by Gasteiger charge is -2.18. The molecular weight excluding hydrogens is 424 g/mol. The predicted molar refractivity (Wildman–Crippen MR) is 114 cm³/mol. The van der Waals surface area contributed by atoms with Crippen molar-refractivity contribution in [2.75, 3.05) is 12.4 Å². The van der Waals surface area contributed by atoms with Crippen molar-refractivity contribution in [2.24, 2.45) is 0 Å². The Kier molecular flexibility index (Phi) is 6.84. The van der Waals surface area contributed by atoms with Crippen LogP contribution in [0.25, 0.3) is 0 Å². The largest absolute Gasteiger partial charge is 0.497 e. The number of ether oxygens (including phenoxy) is 2. The van der Waals surface area contributed by atoms with Crippen molar-refractivity contribution in [3.05, 3.63) is 99.1 Å². The second-order valence-corrected chi connectivity index (χ2v) is 6.74. The molecule has 0 spiro atoms. The summed E-state index contributed by atoms with van der Waals surface area (Å²) in [5, 5.41) is 13.4. The number of nitrogens with one attached hydrogen (secondary N) is 1. The number of carbonyl (C=O) groups excluding carboxylic acids is 2. The summed E-state index contributed by atoms with van der Waals surface area (Å²) < 4.78 is 10.6. The van der Waals surface area contributed by atoms with Crippen LogP contribution in [0.15, 0.2) is 72.8 Å². The van der Waals surface area contributed by atoms with Crippen LogP contribution in [0.4, 0.5) is 11.4 Å². The number of benzene rings is 3. The van der Waals surface area contributed by atoms with Crippen LogP contribution in [0.3, 0.4) is 0 Å². The molecule has 0 aliphatic carbocycles. The van der Waals surface area contributed by atoms with Crippen molar-refractivity contribution in [2.45, 2.75) is 6.10 Å². The molecule has 158 valence electrons. The standard InChI is InChI=1S/C22H17ClN2O6/c1-30-17-10-7-15(8-11-17)22(27)31-20(14-5-3-2-4-6-14)21(26)24-19-12-9-16(25(28)29)13-18(19)23/h2-13,20H,1H3,(H,24,26). The van der Waals surface area contributed by atoms with Crippen molar-refractivity contribution in [1.29, 1.82) is 0 Å². The molecule has 1 N–H and O–H groups in total. The van der Waals surface area contributed by atoms with Gasteiger partial charge in [0.15, 0.2) is 0 Å². The summed E-state index contributed by atoms with van der Waals surface area (Å²) in [6.07, 6.45) is -1.28. The van der Waals surface area contributed by atoms with Gasteiger partial charge < -0.3 is 14.8 Å². The molecule has 0 aromatic heterocycles. The zero-order valence-electron chi connectivity index (χ0n) is 16.3. The van der Waals surface area contributed by atoms with Gasteiger partial charge in [0.25, 0.3) is 11.6 Å². The Morgan fingerprint density at radius 1 is 1.03 bits per heavy atom. The number of hydrogen-bond donors (Lipinski definition) is 1. The summed E-state index contributed by atoms with van der Waals surface area (Å²) in [7, 11) is 1.51. The van der Waals surface area contributed by atoms with Crippen LogP contribution in [0.1, 0.15) is 22.0 Å². The minimum absolute atomic E-state index is 0.0177. The summed E-state index contributed by atoms with van der Waals surface area (Å²) in [4.78, 5) is 35.9. The first-order valence-corrected chi connectivity index (χ1v) is 9.41. The van der Waals surface area contributed by atoms with E-state index in [-0.39, 0.29) is 22.0 Å². The summed E-state index contributed by atoms with van der Waals surface area (Å²) >= 11 is 6.06. The maximum absolute atomic E-state index is 13.0. The minimum Gasteiger partial charge on any atom is -0.497 e. The van der Waals surface area contributed by atoms with Gasteiger partial charge in [-0.15, -0.1) is 0 Å². The Morgan fingerprint density at radius 3 is 2.29 bits per heavy atom. The molecule has 3 aromatic rings. The van der Waals surface area contributed by atoms with E-state index in [0.29, 0.717) is 11.3 Å². The highest BCUT2D eigenvalue weighted by Crippen LogP contribution is 2.29. The van der Waals surface area contributed by atoms with Crippen LogP contribution < -0.4 is 10.1 Å². The van der Waals surface area contributed by atoms with Crippen molar-refractivity contribution < 1.29 is 24.0 Å². The van der Waals surface area contributed by atoms with Crippen molar-refractivity contribution >= 4 is 34.9 Å². The maximum atomic E-state index is 13.0. The molecule has 0 heterocycles. The smallest absolute Gasteiger partial charge is 0.339 e. The van der Waals surface area contributed by atoms with E-state index < -0.39 is 22.9 Å². The first-order chi connectivity index (χ1) is 14.9. The van der Waals surface area contributed by atoms with Gasteiger partial charge in [0.2, 0.25) is 6.10 Å². The average molecular weight is 441 g/mol. The van der Waals surface area contributed by atoms with E-state index in [4.69, 9.17) is 21.1 Å². The number of rotatable bonds is 7. The van der Waals surface area contributed by atoms with E-state index >= 15 is 0 Å². The number of amides is 1. The van der Waals surface area contributed by atoms with Crippen LogP contribution in [0.5, 0.6) is 5.75 Å². The molecule has 1 unspecified atom stereocenters. The molecule has 31 heavy (non-hydrogen) atoms. The quantitative estimate of drug-likeness (QED) is 0.321. The summed E-state index contributed by atoms with van der Waals surface area (Å²) in [5.41, 5.74) is 0.620. The van der Waals surface area contributed by atoms with Gasteiger partial charge in [-0.2, -0.15) is 0 Å². The number of nitro groups is 1. The monoisotopic (exact) mass is 440 g/mol. The fourth-order valence-electron chi connectivity index (χ4n) is 2.72. The Bertz CT molecular complexity index is 1100. The Balaban J connectivity index is 1.84. The normalized spacial score (nSPS) is 11.3. The zero-order chi connectivity index (χ0) is 22.4. The fraction of sp³-hybridized carbons (Fsp3) is 0.0909. The third-order valence-electron chi connectivity index (χ3n) is 4.31. The van der Waals surface area contributed by atoms with Crippen LogP contribution in [-0.4, -0.2) is 23.9 Å². The van der Waals surface area contributed by atoms with Gasteiger partial charge >= 0.3 is 5.97 Å². The highest BCUT2D eigenvalue weighted by atomic mass is 35.5. The van der Waals surface area contributed by atoms with Crippen molar-refractivity contribution in [1.82, 2.24) is 0 Å². The molecule has 0 fully saturated rings. The molecule has 0 aliphatic rings. The topological polar surface area (TPSA) is 108 Å². The predicted octanol–water partition coefficient (Wildman–Crippen LogP) is 4.79. The second-order valence-electron chi connectivity index (χ2n) is 6.34. The number of methoxy groups -OCH3 is 1. The van der Waals surface area contributed by atoms with E-state index in [2.05, 4.69) is 5.32 Å². The van der Waals surface area contributed by atoms with Gasteiger partial charge in [0.1, 0.15) is 5.75 Å². The van der Waals surface area contributed by atoms with Gasteiger partial charge in [-0.1, -0.05) is 41.9 Å². The molecule has 0 bridgehead atoms. The summed E-state index contributed by atoms with van der Waals surface area (Å²) in [5.74, 6) is -0.799. The summed E-state index contributed by atoms with van der Waals surface area (Å²) in [6.45, 7) is 0. The SMILES string of the molecule is COc1ccc(C(=O)OC(C(=O)Nc2ccc([N+](=O)[O-])cc2Cl)c2ccccc2)cc1. The number of halogens is 1. The van der Waals surface area contributed by atoms with E-state index in [1.54, 1.807) is 42.5 Å². The highest BCUT2D eigenvalue weighted by Gasteiger charge is 2.26. The van der Waals surface area contributed by atoms with E-state index in [1.165, 1.54) is 31.4 Å². The molecule has 0 saturated heterocycles. The zero-order valence-corrected chi connectivity index (χ0v) is 17.0. The third-order valence-corrected chi connectivity index (χ3v) is 4.63. The van der Waals surface area contributed by atoms with Crippen LogP contribution in [0, 0.1) is 10.1 Å². The van der Waals surface area contributed by atoms with Crippen LogP contribution in [0.2, 0.25) is 5.02 Å². The molecule has 1 atom stereocenters. The lowest BCUT2D eigenvalue weighted by atomic mass is 10.1. The van der Waals surface area contributed by atoms with Crippen molar-refractivity contribution in [3.63, 3.8) is 0 Å². The highest BCUT2D eigenvalue weighted by molar-refractivity contribution is 6.34. The van der Waals surface area contributed by atoms with Gasteiger partial charge in [-0.25, -0.2) is 4.79 Å². The molecule has 0 radical (unpaired) electrons. The Labute approximate surface area is 182 Å². The molecule has 0 aliphatic heterocycles. The van der Waals surface area contributed by atoms with Crippen molar-refractivity contribution in [3.8, 4) is 5.75 Å². The number of nitro benzene ring substituents is 1. The third kappa shape index (κ3) is 5.37. The Hall–Kier alpha value is -3.91. The number of nitrogens with zero attached hydrogens (tertiary/aromatic N) is 1. The Morgan fingerprint density at radius 2 is 1.71 bits per heavy atom. The lowest BCUT2D eigenvalue weighted by molar-refractivity contribution is -0.384. The number of anilines is 1. The number of carbonyl (C=O) groups is 2. The van der Waals surface area contributed by atoms with Gasteiger partial charge in [-0.3, -0.25) is 14.9 Å². The van der Waals surface area contributed by atoms with Gasteiger partial charge in [0.05, 0.1) is 28.3 Å². The minimum atomic E-state index is -1.28. The van der Waals surface area contributed by atoms with E-state index in [0.717, 1.165) is 6.07 Å². The second kappa shape index (κ2) is 9.73. The molecule has 3 rings (SSSR count).